The Balaban J connectivity index is 2.17. The summed E-state index contributed by atoms with van der Waals surface area (Å²) in [5.74, 6) is -0.705. The van der Waals surface area contributed by atoms with E-state index in [4.69, 9.17) is 26.8 Å². The second kappa shape index (κ2) is 10.4. The quantitative estimate of drug-likeness (QED) is 0.609. The summed E-state index contributed by atoms with van der Waals surface area (Å²) in [4.78, 5) is 12.1. The van der Waals surface area contributed by atoms with Crippen LogP contribution in [0, 0.1) is 12.8 Å². The molecule has 0 amide bonds. The minimum atomic E-state index is -0.414. The zero-order valence-electron chi connectivity index (χ0n) is 16.7. The number of rotatable bonds is 9. The number of nitrogens with two attached hydrogens (primary N) is 1. The van der Waals surface area contributed by atoms with Crippen LogP contribution in [0.15, 0.2) is 49.0 Å². The van der Waals surface area contributed by atoms with Crippen LogP contribution in [0.4, 0.5) is 0 Å². The molecule has 2 rings (SSSR count). The average molecular weight is 402 g/mol. The van der Waals surface area contributed by atoms with Gasteiger partial charge >= 0.3 is 5.97 Å². The molecule has 2 atom stereocenters. The monoisotopic (exact) mass is 401 g/mol. The van der Waals surface area contributed by atoms with E-state index in [1.807, 2.05) is 43.3 Å². The average Bonchev–Trinajstić information content (AvgIpc) is 2.67. The Morgan fingerprint density at radius 3 is 2.54 bits per heavy atom. The third-order valence-electron chi connectivity index (χ3n) is 4.70. The second-order valence-corrected chi connectivity index (χ2v) is 7.25. The van der Waals surface area contributed by atoms with Crippen LogP contribution in [0.2, 0.25) is 5.02 Å². The first-order valence-corrected chi connectivity index (χ1v) is 9.72. The normalized spacial score (nSPS) is 13.0. The fourth-order valence-electron chi connectivity index (χ4n) is 3.21. The number of hydrogen-bond acceptors (Lipinski definition) is 4. The van der Waals surface area contributed by atoms with E-state index in [9.17, 15) is 4.79 Å². The van der Waals surface area contributed by atoms with Gasteiger partial charge < -0.3 is 15.2 Å². The van der Waals surface area contributed by atoms with Crippen molar-refractivity contribution in [3.8, 4) is 11.1 Å². The molecule has 0 aliphatic carbocycles. The molecule has 28 heavy (non-hydrogen) atoms. The molecule has 0 heterocycles. The van der Waals surface area contributed by atoms with Crippen molar-refractivity contribution in [2.45, 2.75) is 26.3 Å². The maximum Gasteiger partial charge on any atom is 0.311 e. The third kappa shape index (κ3) is 5.68. The van der Waals surface area contributed by atoms with Crippen LogP contribution in [0.5, 0.6) is 0 Å². The summed E-state index contributed by atoms with van der Waals surface area (Å²) in [7, 11) is 1.56. The third-order valence-corrected chi connectivity index (χ3v) is 4.94. The van der Waals surface area contributed by atoms with Crippen molar-refractivity contribution in [2.24, 2.45) is 11.7 Å². The van der Waals surface area contributed by atoms with Gasteiger partial charge in [0.2, 0.25) is 0 Å². The first kappa shape index (κ1) is 22.2. The van der Waals surface area contributed by atoms with Crippen molar-refractivity contribution in [1.82, 2.24) is 0 Å². The Kier molecular flexibility index (Phi) is 8.24. The lowest BCUT2D eigenvalue weighted by Crippen LogP contribution is -2.32. The minimum absolute atomic E-state index is 0.270. The summed E-state index contributed by atoms with van der Waals surface area (Å²) < 4.78 is 10.3. The molecule has 0 fully saturated rings. The van der Waals surface area contributed by atoms with Crippen LogP contribution >= 0.6 is 11.6 Å². The molecule has 0 saturated carbocycles. The Morgan fingerprint density at radius 2 is 1.93 bits per heavy atom. The summed E-state index contributed by atoms with van der Waals surface area (Å²) in [6.45, 7) is 8.59. The number of benzene rings is 2. The predicted octanol–water partition coefficient (Wildman–Crippen LogP) is 4.87. The van der Waals surface area contributed by atoms with E-state index in [1.165, 1.54) is 0 Å². The van der Waals surface area contributed by atoms with Crippen molar-refractivity contribution in [1.29, 1.82) is 0 Å². The van der Waals surface area contributed by atoms with Gasteiger partial charge in [-0.1, -0.05) is 48.5 Å². The number of methoxy groups -OCH3 is 1. The number of carbonyl (C=O) groups is 1. The van der Waals surface area contributed by atoms with Crippen LogP contribution in [0.25, 0.3) is 16.7 Å². The van der Waals surface area contributed by atoms with Gasteiger partial charge in [-0.05, 0) is 60.2 Å². The van der Waals surface area contributed by atoms with E-state index in [0.29, 0.717) is 18.1 Å². The lowest BCUT2D eigenvalue weighted by molar-refractivity contribution is -0.150. The van der Waals surface area contributed by atoms with Crippen LogP contribution in [-0.2, 0) is 14.3 Å². The first-order chi connectivity index (χ1) is 13.4. The molecule has 2 N–H and O–H groups in total. The highest BCUT2D eigenvalue weighted by atomic mass is 35.5. The number of carbonyl (C=O) groups excluding carboxylic acids is 1. The van der Waals surface area contributed by atoms with Gasteiger partial charge in [0, 0.05) is 18.2 Å². The minimum Gasteiger partial charge on any atom is -0.466 e. The molecule has 0 spiro atoms. The molecule has 0 bridgehead atoms. The van der Waals surface area contributed by atoms with Crippen molar-refractivity contribution >= 4 is 23.1 Å². The van der Waals surface area contributed by atoms with Crippen molar-refractivity contribution < 1.29 is 14.3 Å². The largest absolute Gasteiger partial charge is 0.466 e. The molecule has 0 unspecified atom stereocenters. The molecule has 0 aliphatic heterocycles. The van der Waals surface area contributed by atoms with Crippen LogP contribution < -0.4 is 5.73 Å². The SMILES string of the molecule is C=C(c1ccc(-c2cccc(Cl)c2)cc1C)[C@@H](N)C[C@@H](COC)C(=O)OCC. The van der Waals surface area contributed by atoms with Crippen molar-refractivity contribution in [3.05, 3.63) is 65.2 Å². The molecule has 0 radical (unpaired) electrons. The van der Waals surface area contributed by atoms with Crippen LogP contribution in [0.3, 0.4) is 0 Å². The second-order valence-electron chi connectivity index (χ2n) is 6.81. The zero-order valence-corrected chi connectivity index (χ0v) is 17.5. The highest BCUT2D eigenvalue weighted by Crippen LogP contribution is 2.29. The van der Waals surface area contributed by atoms with Gasteiger partial charge in [-0.25, -0.2) is 0 Å². The lowest BCUT2D eigenvalue weighted by Gasteiger charge is -2.22. The summed E-state index contributed by atoms with van der Waals surface area (Å²) >= 11 is 6.10. The van der Waals surface area contributed by atoms with E-state index in [-0.39, 0.29) is 18.6 Å². The van der Waals surface area contributed by atoms with E-state index in [2.05, 4.69) is 12.6 Å². The molecular weight excluding hydrogens is 374 g/mol. The first-order valence-electron chi connectivity index (χ1n) is 9.34. The number of hydrogen-bond donors (Lipinski definition) is 1. The number of aryl methyl sites for hydroxylation is 1. The predicted molar refractivity (Wildman–Crippen MR) is 115 cm³/mol. The molecule has 0 saturated heterocycles. The van der Waals surface area contributed by atoms with E-state index < -0.39 is 5.92 Å². The Morgan fingerprint density at radius 1 is 1.21 bits per heavy atom. The van der Waals surface area contributed by atoms with Gasteiger partial charge in [0.1, 0.15) is 0 Å². The highest BCUT2D eigenvalue weighted by molar-refractivity contribution is 6.30. The smallest absolute Gasteiger partial charge is 0.311 e. The molecule has 0 aromatic heterocycles. The summed E-state index contributed by atoms with van der Waals surface area (Å²) in [5, 5.41) is 0.703. The molecule has 5 heteroatoms. The van der Waals surface area contributed by atoms with E-state index >= 15 is 0 Å². The molecule has 2 aromatic rings. The fraction of sp³-hybridized carbons (Fsp3) is 0.348. The van der Waals surface area contributed by atoms with Crippen molar-refractivity contribution in [3.63, 3.8) is 0 Å². The van der Waals surface area contributed by atoms with Gasteiger partial charge in [0.05, 0.1) is 19.1 Å². The van der Waals surface area contributed by atoms with E-state index in [0.717, 1.165) is 27.8 Å². The maximum absolute atomic E-state index is 12.1. The zero-order chi connectivity index (χ0) is 20.7. The molecule has 0 aliphatic rings. The summed E-state index contributed by atoms with van der Waals surface area (Å²) in [6.07, 6.45) is 0.418. The van der Waals surface area contributed by atoms with Crippen molar-refractivity contribution in [2.75, 3.05) is 20.3 Å². The van der Waals surface area contributed by atoms with Gasteiger partial charge in [-0.3, -0.25) is 4.79 Å². The number of halogens is 1. The Labute approximate surface area is 172 Å². The van der Waals surface area contributed by atoms with Gasteiger partial charge in [-0.2, -0.15) is 0 Å². The molecular formula is C23H28ClNO3. The molecule has 150 valence electrons. The lowest BCUT2D eigenvalue weighted by atomic mass is 9.89. The summed E-state index contributed by atoms with van der Waals surface area (Å²) in [6, 6.07) is 13.5. The fourth-order valence-corrected chi connectivity index (χ4v) is 3.40. The Bertz CT molecular complexity index is 834. The van der Waals surface area contributed by atoms with Gasteiger partial charge in [-0.15, -0.1) is 0 Å². The maximum atomic E-state index is 12.1. The topological polar surface area (TPSA) is 61.5 Å². The number of ether oxygens (including phenoxy) is 2. The highest BCUT2D eigenvalue weighted by Gasteiger charge is 2.24. The van der Waals surface area contributed by atoms with Gasteiger partial charge in [0.15, 0.2) is 0 Å². The van der Waals surface area contributed by atoms with E-state index in [1.54, 1.807) is 14.0 Å². The molecule has 4 nitrogen and oxygen atoms in total. The summed E-state index contributed by atoms with van der Waals surface area (Å²) in [5.41, 5.74) is 11.3. The van der Waals surface area contributed by atoms with Gasteiger partial charge in [0.25, 0.3) is 0 Å². The standard InChI is InChI=1S/C23H28ClNO3/c1-5-28-23(26)19(14-27-4)13-22(25)16(3)21-10-9-18(11-15(21)2)17-7-6-8-20(24)12-17/h6-12,19,22H,3,5,13-14,25H2,1-2,4H3/t19-,22-/m0/s1. The van der Waals surface area contributed by atoms with Crippen LogP contribution in [0.1, 0.15) is 24.5 Å². The molecule has 2 aromatic carbocycles. The Hall–Kier alpha value is -2.14. The number of esters is 1. The van der Waals surface area contributed by atoms with Crippen LogP contribution in [-0.4, -0.2) is 32.3 Å².